The zero-order chi connectivity index (χ0) is 9.97. The van der Waals surface area contributed by atoms with Crippen LogP contribution in [0.15, 0.2) is 17.3 Å². The van der Waals surface area contributed by atoms with Gasteiger partial charge in [-0.2, -0.15) is 0 Å². The number of nitrogens with zero attached hydrogens (tertiary/aromatic N) is 1. The fourth-order valence-electron chi connectivity index (χ4n) is 1.42. The molecule has 2 N–H and O–H groups in total. The Kier molecular flexibility index (Phi) is 2.84. The molecule has 0 bridgehead atoms. The second-order valence-corrected chi connectivity index (χ2v) is 4.49. The first kappa shape index (κ1) is 9.68. The Morgan fingerprint density at radius 2 is 2.50 bits per heavy atom. The number of oxime groups is 1. The minimum Gasteiger partial charge on any atom is -0.390 e. The minimum absolute atomic E-state index is 0.0807. The molecule has 1 atom stereocenters. The molecule has 76 valence electrons. The standard InChI is InChI=1S/C10H14N2OS/c1-2-8-3-4-10(14-8)9-5-7(6-11)13-12-9/h3-4,7H,2,5-6,11H2,1H3. The quantitative estimate of drug-likeness (QED) is 0.826. The summed E-state index contributed by atoms with van der Waals surface area (Å²) in [5.74, 6) is 0. The predicted octanol–water partition coefficient (Wildman–Crippen LogP) is 1.76. The van der Waals surface area contributed by atoms with Crippen molar-refractivity contribution < 1.29 is 4.84 Å². The molecular formula is C10H14N2OS. The molecule has 0 amide bonds. The van der Waals surface area contributed by atoms with Gasteiger partial charge in [-0.25, -0.2) is 0 Å². The molecule has 1 unspecified atom stereocenters. The molecule has 0 radical (unpaired) electrons. The van der Waals surface area contributed by atoms with E-state index in [0.717, 1.165) is 18.6 Å². The molecule has 1 aliphatic heterocycles. The lowest BCUT2D eigenvalue weighted by Gasteiger charge is -2.01. The molecule has 1 aromatic rings. The van der Waals surface area contributed by atoms with E-state index in [1.165, 1.54) is 9.75 Å². The number of hydrogen-bond donors (Lipinski definition) is 1. The van der Waals surface area contributed by atoms with Crippen LogP contribution in [0.1, 0.15) is 23.1 Å². The van der Waals surface area contributed by atoms with Gasteiger partial charge in [-0.15, -0.1) is 11.3 Å². The lowest BCUT2D eigenvalue weighted by atomic mass is 10.1. The summed E-state index contributed by atoms with van der Waals surface area (Å²) in [6, 6.07) is 4.27. The van der Waals surface area contributed by atoms with Crippen LogP contribution in [0.3, 0.4) is 0 Å². The second kappa shape index (κ2) is 4.11. The lowest BCUT2D eigenvalue weighted by Crippen LogP contribution is -2.19. The Morgan fingerprint density at radius 3 is 3.07 bits per heavy atom. The summed E-state index contributed by atoms with van der Waals surface area (Å²) in [6.07, 6.45) is 2.01. The first-order valence-electron chi connectivity index (χ1n) is 4.85. The van der Waals surface area contributed by atoms with Crippen molar-refractivity contribution in [3.05, 3.63) is 21.9 Å². The van der Waals surface area contributed by atoms with E-state index in [4.69, 9.17) is 10.6 Å². The van der Waals surface area contributed by atoms with Crippen molar-refractivity contribution in [2.75, 3.05) is 6.54 Å². The van der Waals surface area contributed by atoms with E-state index < -0.39 is 0 Å². The normalized spacial score (nSPS) is 20.7. The van der Waals surface area contributed by atoms with Crippen LogP contribution < -0.4 is 5.73 Å². The van der Waals surface area contributed by atoms with Crippen molar-refractivity contribution >= 4 is 17.0 Å². The minimum atomic E-state index is 0.0807. The van der Waals surface area contributed by atoms with E-state index in [9.17, 15) is 0 Å². The monoisotopic (exact) mass is 210 g/mol. The van der Waals surface area contributed by atoms with Crippen LogP contribution in [-0.2, 0) is 11.3 Å². The molecule has 14 heavy (non-hydrogen) atoms. The van der Waals surface area contributed by atoms with Gasteiger partial charge in [0.15, 0.2) is 0 Å². The van der Waals surface area contributed by atoms with Crippen LogP contribution in [0, 0.1) is 0 Å². The molecule has 0 fully saturated rings. The van der Waals surface area contributed by atoms with Crippen LogP contribution in [0.4, 0.5) is 0 Å². The first-order valence-corrected chi connectivity index (χ1v) is 5.67. The predicted molar refractivity (Wildman–Crippen MR) is 58.8 cm³/mol. The van der Waals surface area contributed by atoms with E-state index in [1.807, 2.05) is 0 Å². The molecule has 0 saturated carbocycles. The molecule has 1 aromatic heterocycles. The van der Waals surface area contributed by atoms with Gasteiger partial charge in [0.05, 0.1) is 4.88 Å². The maximum absolute atomic E-state index is 5.51. The van der Waals surface area contributed by atoms with Crippen LogP contribution in [0.2, 0.25) is 0 Å². The van der Waals surface area contributed by atoms with Gasteiger partial charge in [0.2, 0.25) is 0 Å². The van der Waals surface area contributed by atoms with Crippen LogP contribution in [0.5, 0.6) is 0 Å². The van der Waals surface area contributed by atoms with Crippen molar-refractivity contribution in [3.8, 4) is 0 Å². The third-order valence-corrected chi connectivity index (χ3v) is 3.57. The van der Waals surface area contributed by atoms with E-state index in [0.29, 0.717) is 6.54 Å². The molecule has 1 aliphatic rings. The number of thiophene rings is 1. The van der Waals surface area contributed by atoms with Gasteiger partial charge >= 0.3 is 0 Å². The van der Waals surface area contributed by atoms with E-state index in [-0.39, 0.29) is 6.10 Å². The molecule has 0 aromatic carbocycles. The molecule has 4 heteroatoms. The molecule has 0 spiro atoms. The van der Waals surface area contributed by atoms with Gasteiger partial charge in [0.25, 0.3) is 0 Å². The van der Waals surface area contributed by atoms with Gasteiger partial charge in [-0.1, -0.05) is 12.1 Å². The summed E-state index contributed by atoms with van der Waals surface area (Å²) in [6.45, 7) is 2.70. The SMILES string of the molecule is CCc1ccc(C2=NOC(CN)C2)s1. The molecule has 3 nitrogen and oxygen atoms in total. The number of rotatable bonds is 3. The van der Waals surface area contributed by atoms with Gasteiger partial charge in [-0.3, -0.25) is 0 Å². The molecular weight excluding hydrogens is 196 g/mol. The zero-order valence-electron chi connectivity index (χ0n) is 8.19. The first-order chi connectivity index (χ1) is 6.83. The summed E-state index contributed by atoms with van der Waals surface area (Å²) in [5, 5.41) is 4.05. The highest BCUT2D eigenvalue weighted by molar-refractivity contribution is 7.14. The number of hydrogen-bond acceptors (Lipinski definition) is 4. The fourth-order valence-corrected chi connectivity index (χ4v) is 2.36. The highest BCUT2D eigenvalue weighted by Crippen LogP contribution is 2.23. The maximum atomic E-state index is 5.51. The number of aryl methyl sites for hydroxylation is 1. The maximum Gasteiger partial charge on any atom is 0.145 e. The summed E-state index contributed by atoms with van der Waals surface area (Å²) >= 11 is 1.79. The number of nitrogens with two attached hydrogens (primary N) is 1. The van der Waals surface area contributed by atoms with Gasteiger partial charge in [0, 0.05) is 17.8 Å². The van der Waals surface area contributed by atoms with Crippen LogP contribution in [-0.4, -0.2) is 18.4 Å². The summed E-state index contributed by atoms with van der Waals surface area (Å²) < 4.78 is 0. The highest BCUT2D eigenvalue weighted by atomic mass is 32.1. The second-order valence-electron chi connectivity index (χ2n) is 3.32. The van der Waals surface area contributed by atoms with E-state index >= 15 is 0 Å². The Hall–Kier alpha value is -0.870. The van der Waals surface area contributed by atoms with Gasteiger partial charge < -0.3 is 10.6 Å². The average Bonchev–Trinajstić information content (AvgIpc) is 2.86. The zero-order valence-corrected chi connectivity index (χ0v) is 9.01. The molecule has 2 heterocycles. The third kappa shape index (κ3) is 1.81. The van der Waals surface area contributed by atoms with E-state index in [1.54, 1.807) is 11.3 Å². The van der Waals surface area contributed by atoms with Crippen LogP contribution >= 0.6 is 11.3 Å². The molecule has 0 aliphatic carbocycles. The Morgan fingerprint density at radius 1 is 1.64 bits per heavy atom. The summed E-state index contributed by atoms with van der Waals surface area (Å²) in [4.78, 5) is 7.79. The Balaban J connectivity index is 2.09. The van der Waals surface area contributed by atoms with Crippen molar-refractivity contribution in [1.29, 1.82) is 0 Å². The Bertz CT molecular complexity index is 346. The lowest BCUT2D eigenvalue weighted by molar-refractivity contribution is 0.0919. The highest BCUT2D eigenvalue weighted by Gasteiger charge is 2.21. The van der Waals surface area contributed by atoms with Gasteiger partial charge in [0.1, 0.15) is 11.8 Å². The molecule has 2 rings (SSSR count). The topological polar surface area (TPSA) is 47.6 Å². The third-order valence-electron chi connectivity index (χ3n) is 2.29. The smallest absolute Gasteiger partial charge is 0.145 e. The van der Waals surface area contributed by atoms with E-state index in [2.05, 4.69) is 24.2 Å². The summed E-state index contributed by atoms with van der Waals surface area (Å²) in [5.41, 5.74) is 6.56. The van der Waals surface area contributed by atoms with Crippen LogP contribution in [0.25, 0.3) is 0 Å². The largest absolute Gasteiger partial charge is 0.390 e. The average molecular weight is 210 g/mol. The van der Waals surface area contributed by atoms with Crippen molar-refractivity contribution in [2.24, 2.45) is 10.9 Å². The fraction of sp³-hybridized carbons (Fsp3) is 0.500. The van der Waals surface area contributed by atoms with Crippen molar-refractivity contribution in [3.63, 3.8) is 0 Å². The Labute approximate surface area is 87.6 Å². The van der Waals surface area contributed by atoms with Crippen molar-refractivity contribution in [2.45, 2.75) is 25.9 Å². The molecule has 0 saturated heterocycles. The van der Waals surface area contributed by atoms with Crippen molar-refractivity contribution in [1.82, 2.24) is 0 Å². The summed E-state index contributed by atoms with van der Waals surface area (Å²) in [7, 11) is 0. The van der Waals surface area contributed by atoms with Gasteiger partial charge in [-0.05, 0) is 18.6 Å².